The summed E-state index contributed by atoms with van der Waals surface area (Å²) in [5.41, 5.74) is 4.18. The summed E-state index contributed by atoms with van der Waals surface area (Å²) in [4.78, 5) is 0. The smallest absolute Gasteiger partial charge is 0.218 e. The largest absolute Gasteiger partial charge is 0.390 e. The van der Waals surface area contributed by atoms with Crippen molar-refractivity contribution in [1.82, 2.24) is 0 Å². The van der Waals surface area contributed by atoms with Gasteiger partial charge >= 0.3 is 0 Å². The molecule has 4 rings (SSSR count). The standard InChI is InChI=1S/C28H25NOSi/c1-31(2,3)30-28(21-29,20-19-22-13-7-4-8-14-22)27-25(23-15-9-5-10-16-23)26(27)24-17-11-6-12-18-24/h4-18,27H,1-3H3. The molecule has 3 aromatic rings. The number of rotatable bonds is 5. The van der Waals surface area contributed by atoms with Crippen LogP contribution in [0.15, 0.2) is 91.0 Å². The van der Waals surface area contributed by atoms with Crippen LogP contribution in [-0.2, 0) is 4.43 Å². The lowest BCUT2D eigenvalue weighted by molar-refractivity contribution is 0.170. The second-order valence-electron chi connectivity index (χ2n) is 8.67. The first-order valence-electron chi connectivity index (χ1n) is 10.5. The van der Waals surface area contributed by atoms with E-state index in [2.05, 4.69) is 61.8 Å². The Balaban J connectivity index is 1.85. The molecule has 0 spiro atoms. The minimum absolute atomic E-state index is 0.190. The van der Waals surface area contributed by atoms with E-state index >= 15 is 0 Å². The van der Waals surface area contributed by atoms with Crippen LogP contribution >= 0.6 is 0 Å². The molecule has 1 unspecified atom stereocenters. The zero-order valence-corrected chi connectivity index (χ0v) is 19.1. The number of hydrogen-bond acceptors (Lipinski definition) is 2. The topological polar surface area (TPSA) is 33.0 Å². The van der Waals surface area contributed by atoms with Gasteiger partial charge in [-0.1, -0.05) is 84.8 Å². The zero-order valence-electron chi connectivity index (χ0n) is 18.1. The van der Waals surface area contributed by atoms with Gasteiger partial charge in [-0.15, -0.1) is 0 Å². The van der Waals surface area contributed by atoms with Gasteiger partial charge < -0.3 is 4.43 Å². The second-order valence-corrected chi connectivity index (χ2v) is 13.1. The fraction of sp³-hybridized carbons (Fsp3) is 0.179. The number of benzene rings is 3. The summed E-state index contributed by atoms with van der Waals surface area (Å²) in [6.07, 6.45) is 0. The van der Waals surface area contributed by atoms with Crippen molar-refractivity contribution < 1.29 is 4.43 Å². The van der Waals surface area contributed by atoms with Crippen molar-refractivity contribution >= 4 is 19.5 Å². The fourth-order valence-electron chi connectivity index (χ4n) is 3.95. The average Bonchev–Trinajstić information content (AvgIpc) is 3.54. The molecule has 0 bridgehead atoms. The molecule has 3 aromatic carbocycles. The second kappa shape index (κ2) is 8.40. The lowest BCUT2D eigenvalue weighted by Crippen LogP contribution is -2.43. The first-order valence-corrected chi connectivity index (χ1v) is 13.9. The van der Waals surface area contributed by atoms with Gasteiger partial charge in [-0.25, -0.2) is 0 Å². The third-order valence-electron chi connectivity index (χ3n) is 5.16. The molecule has 0 aliphatic heterocycles. The lowest BCUT2D eigenvalue weighted by Gasteiger charge is -2.31. The highest BCUT2D eigenvalue weighted by molar-refractivity contribution is 6.70. The Morgan fingerprint density at radius 2 is 1.19 bits per heavy atom. The van der Waals surface area contributed by atoms with Crippen molar-refractivity contribution in [1.29, 1.82) is 5.26 Å². The van der Waals surface area contributed by atoms with Gasteiger partial charge in [0, 0.05) is 5.56 Å². The molecule has 0 radical (unpaired) electrons. The summed E-state index contributed by atoms with van der Waals surface area (Å²) >= 11 is 0. The predicted octanol–water partition coefficient (Wildman–Crippen LogP) is 6.39. The van der Waals surface area contributed by atoms with Gasteiger partial charge in [0.2, 0.25) is 5.60 Å². The molecule has 0 saturated carbocycles. The maximum atomic E-state index is 10.5. The van der Waals surface area contributed by atoms with Crippen molar-refractivity contribution in [3.63, 3.8) is 0 Å². The number of nitriles is 1. The molecule has 0 heterocycles. The van der Waals surface area contributed by atoms with E-state index < -0.39 is 13.9 Å². The Kier molecular flexibility index (Phi) is 5.66. The summed E-state index contributed by atoms with van der Waals surface area (Å²) in [7, 11) is -2.09. The summed E-state index contributed by atoms with van der Waals surface area (Å²) < 4.78 is 6.59. The lowest BCUT2D eigenvalue weighted by atomic mass is 9.91. The van der Waals surface area contributed by atoms with E-state index in [1.807, 2.05) is 66.7 Å². The molecule has 0 amide bonds. The molecular formula is C28H25NOSi. The molecule has 31 heavy (non-hydrogen) atoms. The van der Waals surface area contributed by atoms with Crippen LogP contribution in [0.5, 0.6) is 0 Å². The highest BCUT2D eigenvalue weighted by Crippen LogP contribution is 2.59. The van der Waals surface area contributed by atoms with Crippen LogP contribution in [0.1, 0.15) is 16.7 Å². The molecule has 0 saturated heterocycles. The Bertz CT molecular complexity index is 1140. The minimum atomic E-state index is -2.09. The monoisotopic (exact) mass is 419 g/mol. The molecule has 1 aliphatic carbocycles. The maximum absolute atomic E-state index is 10.5. The third kappa shape index (κ3) is 4.54. The van der Waals surface area contributed by atoms with Crippen molar-refractivity contribution in [2.45, 2.75) is 25.2 Å². The van der Waals surface area contributed by atoms with Gasteiger partial charge in [0.1, 0.15) is 6.07 Å². The van der Waals surface area contributed by atoms with Crippen LogP contribution in [0.3, 0.4) is 0 Å². The van der Waals surface area contributed by atoms with Crippen molar-refractivity contribution in [3.05, 3.63) is 108 Å². The molecule has 152 valence electrons. The van der Waals surface area contributed by atoms with Gasteiger partial charge in [0.15, 0.2) is 8.32 Å². The highest BCUT2D eigenvalue weighted by Gasteiger charge is 2.55. The molecule has 0 N–H and O–H groups in total. The molecule has 0 aromatic heterocycles. The maximum Gasteiger partial charge on any atom is 0.218 e. The van der Waals surface area contributed by atoms with Gasteiger partial charge in [-0.3, -0.25) is 0 Å². The van der Waals surface area contributed by atoms with Gasteiger partial charge in [-0.05, 0) is 60.0 Å². The van der Waals surface area contributed by atoms with E-state index in [-0.39, 0.29) is 5.92 Å². The Hall–Kier alpha value is -3.37. The van der Waals surface area contributed by atoms with Crippen LogP contribution in [0.4, 0.5) is 0 Å². The Labute approximate surface area is 186 Å². The fourth-order valence-corrected chi connectivity index (χ4v) is 5.13. The van der Waals surface area contributed by atoms with Crippen molar-refractivity contribution in [3.8, 4) is 17.9 Å². The Morgan fingerprint density at radius 3 is 1.61 bits per heavy atom. The summed E-state index contributed by atoms with van der Waals surface area (Å²) in [6.45, 7) is 6.32. The van der Waals surface area contributed by atoms with Crippen LogP contribution in [0, 0.1) is 29.1 Å². The van der Waals surface area contributed by atoms with E-state index in [4.69, 9.17) is 4.43 Å². The van der Waals surface area contributed by atoms with Gasteiger partial charge in [0.05, 0.1) is 5.92 Å². The first kappa shape index (κ1) is 20.9. The van der Waals surface area contributed by atoms with Crippen molar-refractivity contribution in [2.24, 2.45) is 5.92 Å². The van der Waals surface area contributed by atoms with Crippen LogP contribution in [0.2, 0.25) is 19.6 Å². The molecule has 2 nitrogen and oxygen atoms in total. The van der Waals surface area contributed by atoms with E-state index in [0.717, 1.165) is 27.8 Å². The van der Waals surface area contributed by atoms with Gasteiger partial charge in [0.25, 0.3) is 0 Å². The van der Waals surface area contributed by atoms with Crippen LogP contribution in [0.25, 0.3) is 11.1 Å². The molecule has 1 aliphatic rings. The first-order chi connectivity index (χ1) is 14.9. The molecule has 3 heteroatoms. The highest BCUT2D eigenvalue weighted by atomic mass is 28.4. The molecule has 1 atom stereocenters. The molecular weight excluding hydrogens is 394 g/mol. The quantitative estimate of drug-likeness (QED) is 0.354. The van der Waals surface area contributed by atoms with Crippen LogP contribution in [-0.4, -0.2) is 13.9 Å². The van der Waals surface area contributed by atoms with Crippen molar-refractivity contribution in [2.75, 3.05) is 0 Å². The SMILES string of the molecule is C[Si](C)(C)OC(C#N)(C#Cc1ccccc1)C1C(c2ccccc2)=C1c1ccccc1. The predicted molar refractivity (Wildman–Crippen MR) is 129 cm³/mol. The summed E-state index contributed by atoms with van der Waals surface area (Å²) in [5.74, 6) is 6.31. The van der Waals surface area contributed by atoms with E-state index in [0.29, 0.717) is 0 Å². The van der Waals surface area contributed by atoms with Gasteiger partial charge in [-0.2, -0.15) is 5.26 Å². The van der Waals surface area contributed by atoms with E-state index in [1.54, 1.807) is 0 Å². The zero-order chi connectivity index (χ0) is 21.9. The van der Waals surface area contributed by atoms with E-state index in [1.165, 1.54) is 0 Å². The average molecular weight is 420 g/mol. The summed E-state index contributed by atoms with van der Waals surface area (Å²) in [6, 6.07) is 32.8. The Morgan fingerprint density at radius 1 is 0.742 bits per heavy atom. The number of nitrogens with zero attached hydrogens (tertiary/aromatic N) is 1. The summed E-state index contributed by atoms with van der Waals surface area (Å²) in [5, 5.41) is 10.5. The molecule has 0 fully saturated rings. The third-order valence-corrected chi connectivity index (χ3v) is 6.09. The van der Waals surface area contributed by atoms with E-state index in [9.17, 15) is 5.26 Å². The minimum Gasteiger partial charge on any atom is -0.390 e. The van der Waals surface area contributed by atoms with Crippen LogP contribution < -0.4 is 0 Å². The normalized spacial score (nSPS) is 15.4. The number of hydrogen-bond donors (Lipinski definition) is 0.